The lowest BCUT2D eigenvalue weighted by Crippen LogP contribution is -2.58. The number of carbonyl (C=O) groups is 2. The zero-order valence-electron chi connectivity index (χ0n) is 12.3. The van der Waals surface area contributed by atoms with Crippen LogP contribution in [-0.2, 0) is 9.59 Å². The Bertz CT molecular complexity index is 332. The maximum Gasteiger partial charge on any atom is 0.238 e. The maximum atomic E-state index is 12.0. The van der Waals surface area contributed by atoms with Crippen molar-refractivity contribution in [1.82, 2.24) is 20.9 Å². The molecule has 0 aliphatic carbocycles. The average molecular weight is 282 g/mol. The Morgan fingerprint density at radius 3 is 2.80 bits per heavy atom. The minimum atomic E-state index is -0.296. The Morgan fingerprint density at radius 2 is 2.15 bits per heavy atom. The molecule has 2 aliphatic heterocycles. The van der Waals surface area contributed by atoms with E-state index < -0.39 is 0 Å². The number of piperidine rings is 1. The maximum absolute atomic E-state index is 12.0. The van der Waals surface area contributed by atoms with E-state index in [1.54, 1.807) is 0 Å². The van der Waals surface area contributed by atoms with Crippen LogP contribution in [0.4, 0.5) is 0 Å². The van der Waals surface area contributed by atoms with Crippen molar-refractivity contribution in [3.8, 4) is 0 Å². The molecule has 0 aromatic carbocycles. The third kappa shape index (κ3) is 4.76. The molecule has 3 N–H and O–H groups in total. The average Bonchev–Trinajstić information content (AvgIpc) is 2.46. The van der Waals surface area contributed by atoms with E-state index in [1.165, 1.54) is 32.4 Å². The van der Waals surface area contributed by atoms with E-state index in [1.807, 2.05) is 0 Å². The molecule has 20 heavy (non-hydrogen) atoms. The van der Waals surface area contributed by atoms with Gasteiger partial charge in [-0.1, -0.05) is 13.3 Å². The molecular formula is C14H26N4O2. The standard InChI is InChI=1S/C14H26N4O2/c1-11(10-18-5-3-2-4-6-18)7-17-14(20)12-8-16-13(19)9-15-12/h11-12,15H,2-10H2,1H3,(H,16,19)(H,17,20). The van der Waals surface area contributed by atoms with Crippen molar-refractivity contribution < 1.29 is 9.59 Å². The molecule has 2 aliphatic rings. The molecule has 0 spiro atoms. The van der Waals surface area contributed by atoms with Crippen LogP contribution in [0.15, 0.2) is 0 Å². The lowest BCUT2D eigenvalue weighted by Gasteiger charge is -2.29. The Hall–Kier alpha value is -1.14. The van der Waals surface area contributed by atoms with Crippen LogP contribution in [0.3, 0.4) is 0 Å². The number of amides is 2. The molecule has 2 unspecified atom stereocenters. The molecule has 0 bridgehead atoms. The Balaban J connectivity index is 1.63. The van der Waals surface area contributed by atoms with E-state index in [-0.39, 0.29) is 24.4 Å². The fraction of sp³-hybridized carbons (Fsp3) is 0.857. The van der Waals surface area contributed by atoms with Crippen molar-refractivity contribution in [1.29, 1.82) is 0 Å². The number of piperazine rings is 1. The number of hydrogen-bond acceptors (Lipinski definition) is 4. The van der Waals surface area contributed by atoms with E-state index in [0.29, 0.717) is 19.0 Å². The summed E-state index contributed by atoms with van der Waals surface area (Å²) >= 11 is 0. The number of likely N-dealkylation sites (tertiary alicyclic amines) is 1. The summed E-state index contributed by atoms with van der Waals surface area (Å²) in [5.41, 5.74) is 0. The Morgan fingerprint density at radius 1 is 1.40 bits per heavy atom. The fourth-order valence-electron chi connectivity index (χ4n) is 2.80. The molecule has 114 valence electrons. The quantitative estimate of drug-likeness (QED) is 0.624. The summed E-state index contributed by atoms with van der Waals surface area (Å²) in [5, 5.41) is 8.61. The normalized spacial score (nSPS) is 25.9. The third-order valence-corrected chi connectivity index (χ3v) is 3.97. The highest BCUT2D eigenvalue weighted by atomic mass is 16.2. The first-order valence-electron chi connectivity index (χ1n) is 7.65. The number of carbonyl (C=O) groups excluding carboxylic acids is 2. The van der Waals surface area contributed by atoms with Crippen molar-refractivity contribution in [3.63, 3.8) is 0 Å². The highest BCUT2D eigenvalue weighted by Gasteiger charge is 2.23. The predicted molar refractivity (Wildman–Crippen MR) is 77.3 cm³/mol. The summed E-state index contributed by atoms with van der Waals surface area (Å²) in [7, 11) is 0. The van der Waals surface area contributed by atoms with Gasteiger partial charge in [-0.3, -0.25) is 14.9 Å². The van der Waals surface area contributed by atoms with Gasteiger partial charge in [-0.25, -0.2) is 0 Å². The smallest absolute Gasteiger partial charge is 0.238 e. The first-order chi connectivity index (χ1) is 9.65. The predicted octanol–water partition coefficient (Wildman–Crippen LogP) is -0.687. The summed E-state index contributed by atoms with van der Waals surface area (Å²) in [6, 6.07) is -0.296. The zero-order chi connectivity index (χ0) is 14.4. The van der Waals surface area contributed by atoms with Crippen LogP contribution in [-0.4, -0.2) is 62.0 Å². The molecule has 2 rings (SSSR count). The SMILES string of the molecule is CC(CNC(=O)C1CNC(=O)CN1)CN1CCCCC1. The second-order valence-corrected chi connectivity index (χ2v) is 5.95. The van der Waals surface area contributed by atoms with E-state index in [0.717, 1.165) is 6.54 Å². The van der Waals surface area contributed by atoms with Crippen LogP contribution < -0.4 is 16.0 Å². The van der Waals surface area contributed by atoms with Gasteiger partial charge in [-0.2, -0.15) is 0 Å². The number of hydrogen-bond donors (Lipinski definition) is 3. The van der Waals surface area contributed by atoms with Gasteiger partial charge in [0.05, 0.1) is 6.54 Å². The highest BCUT2D eigenvalue weighted by molar-refractivity contribution is 5.86. The number of rotatable bonds is 5. The molecule has 2 fully saturated rings. The summed E-state index contributed by atoms with van der Waals surface area (Å²) in [5.74, 6) is 0.387. The summed E-state index contributed by atoms with van der Waals surface area (Å²) in [6.07, 6.45) is 3.94. The van der Waals surface area contributed by atoms with E-state index in [2.05, 4.69) is 27.8 Å². The van der Waals surface area contributed by atoms with Crippen molar-refractivity contribution in [2.75, 3.05) is 39.3 Å². The summed E-state index contributed by atoms with van der Waals surface area (Å²) in [6.45, 7) is 6.90. The van der Waals surface area contributed by atoms with Crippen LogP contribution in [0.2, 0.25) is 0 Å². The van der Waals surface area contributed by atoms with Crippen LogP contribution >= 0.6 is 0 Å². The van der Waals surface area contributed by atoms with E-state index in [4.69, 9.17) is 0 Å². The molecular weight excluding hydrogens is 256 g/mol. The zero-order valence-corrected chi connectivity index (χ0v) is 12.3. The second-order valence-electron chi connectivity index (χ2n) is 5.95. The van der Waals surface area contributed by atoms with Crippen LogP contribution in [0.25, 0.3) is 0 Å². The van der Waals surface area contributed by atoms with Gasteiger partial charge >= 0.3 is 0 Å². The lowest BCUT2D eigenvalue weighted by atomic mass is 10.1. The monoisotopic (exact) mass is 282 g/mol. The highest BCUT2D eigenvalue weighted by Crippen LogP contribution is 2.10. The molecule has 0 aromatic heterocycles. The van der Waals surface area contributed by atoms with E-state index in [9.17, 15) is 9.59 Å². The van der Waals surface area contributed by atoms with Crippen LogP contribution in [0.1, 0.15) is 26.2 Å². The van der Waals surface area contributed by atoms with Gasteiger partial charge in [0.1, 0.15) is 6.04 Å². The van der Waals surface area contributed by atoms with Gasteiger partial charge in [-0.05, 0) is 31.8 Å². The van der Waals surface area contributed by atoms with Crippen molar-refractivity contribution >= 4 is 11.8 Å². The molecule has 0 aromatic rings. The molecule has 2 heterocycles. The molecule has 0 radical (unpaired) electrons. The first-order valence-corrected chi connectivity index (χ1v) is 7.65. The van der Waals surface area contributed by atoms with E-state index >= 15 is 0 Å². The first kappa shape index (κ1) is 15.3. The molecule has 6 heteroatoms. The van der Waals surface area contributed by atoms with Gasteiger partial charge in [0.15, 0.2) is 0 Å². The largest absolute Gasteiger partial charge is 0.354 e. The molecule has 2 atom stereocenters. The lowest BCUT2D eigenvalue weighted by molar-refractivity contribution is -0.126. The van der Waals surface area contributed by atoms with Crippen molar-refractivity contribution in [2.45, 2.75) is 32.2 Å². The van der Waals surface area contributed by atoms with Gasteiger partial charge < -0.3 is 15.5 Å². The minimum absolute atomic E-state index is 0.0181. The van der Waals surface area contributed by atoms with Crippen molar-refractivity contribution in [3.05, 3.63) is 0 Å². The third-order valence-electron chi connectivity index (χ3n) is 3.97. The second kappa shape index (κ2) is 7.59. The van der Waals surface area contributed by atoms with Gasteiger partial charge in [0.25, 0.3) is 0 Å². The van der Waals surface area contributed by atoms with Gasteiger partial charge in [0, 0.05) is 19.6 Å². The summed E-state index contributed by atoms with van der Waals surface area (Å²) in [4.78, 5) is 25.5. The molecule has 2 saturated heterocycles. The fourth-order valence-corrected chi connectivity index (χ4v) is 2.80. The Labute approximate surface area is 120 Å². The molecule has 2 amide bonds. The van der Waals surface area contributed by atoms with Crippen LogP contribution in [0, 0.1) is 5.92 Å². The number of nitrogens with one attached hydrogen (secondary N) is 3. The van der Waals surface area contributed by atoms with Crippen LogP contribution in [0.5, 0.6) is 0 Å². The topological polar surface area (TPSA) is 73.5 Å². The molecule has 6 nitrogen and oxygen atoms in total. The minimum Gasteiger partial charge on any atom is -0.354 e. The van der Waals surface area contributed by atoms with Gasteiger partial charge in [0.2, 0.25) is 11.8 Å². The number of nitrogens with zero attached hydrogens (tertiary/aromatic N) is 1. The van der Waals surface area contributed by atoms with Crippen molar-refractivity contribution in [2.24, 2.45) is 5.92 Å². The summed E-state index contributed by atoms with van der Waals surface area (Å²) < 4.78 is 0. The Kier molecular flexibility index (Phi) is 5.79. The molecule has 0 saturated carbocycles. The van der Waals surface area contributed by atoms with Gasteiger partial charge in [-0.15, -0.1) is 0 Å².